The number of rotatable bonds is 40. The van der Waals surface area contributed by atoms with Crippen LogP contribution in [-0.4, -0.2) is 81.2 Å². The van der Waals surface area contributed by atoms with Crippen molar-refractivity contribution in [2.24, 2.45) is 0 Å². The lowest BCUT2D eigenvalue weighted by atomic mass is 10.0. The van der Waals surface area contributed by atoms with Crippen molar-refractivity contribution in [1.29, 1.82) is 0 Å². The molecule has 2 unspecified atom stereocenters. The molecule has 0 spiro atoms. The smallest absolute Gasteiger partial charge is 0.306 e. The van der Waals surface area contributed by atoms with Crippen LogP contribution in [0.3, 0.4) is 0 Å². The highest BCUT2D eigenvalue weighted by atomic mass is 31.2. The van der Waals surface area contributed by atoms with E-state index in [-0.39, 0.29) is 26.1 Å². The summed E-state index contributed by atoms with van der Waals surface area (Å²) in [5.41, 5.74) is 0. The third kappa shape index (κ3) is 43.3. The molecule has 0 bridgehead atoms. The van der Waals surface area contributed by atoms with Gasteiger partial charge in [-0.25, -0.2) is 0 Å². The zero-order valence-corrected chi connectivity index (χ0v) is 38.7. The minimum absolute atomic E-state index is 0.0559. The van der Waals surface area contributed by atoms with E-state index < -0.39 is 38.6 Å². The van der Waals surface area contributed by atoms with Crippen LogP contribution < -0.4 is 4.89 Å². The first-order valence-electron chi connectivity index (χ1n) is 22.8. The molecule has 0 aliphatic carbocycles. The number of phosphoric acid groups is 1. The number of phosphoric ester groups is 1. The van der Waals surface area contributed by atoms with Gasteiger partial charge in [-0.2, -0.15) is 0 Å². The van der Waals surface area contributed by atoms with E-state index in [9.17, 15) is 24.2 Å². The Morgan fingerprint density at radius 1 is 0.644 bits per heavy atom. The van der Waals surface area contributed by atoms with Crippen molar-refractivity contribution < 1.29 is 47.2 Å². The molecular formula is C48H84NO9P. The number of esters is 2. The molecule has 0 aromatic carbocycles. The molecule has 0 aromatic heterocycles. The molecule has 0 heterocycles. The van der Waals surface area contributed by atoms with Gasteiger partial charge in [0.05, 0.1) is 33.9 Å². The molecule has 0 amide bonds. The van der Waals surface area contributed by atoms with Gasteiger partial charge in [0, 0.05) is 12.8 Å². The van der Waals surface area contributed by atoms with Crippen LogP contribution in [0.1, 0.15) is 162 Å². The number of allylic oxidation sites excluding steroid dienone is 10. The van der Waals surface area contributed by atoms with Crippen molar-refractivity contribution in [3.05, 3.63) is 72.9 Å². The van der Waals surface area contributed by atoms with Crippen molar-refractivity contribution in [3.8, 4) is 0 Å². The highest BCUT2D eigenvalue weighted by Gasteiger charge is 2.21. The molecule has 10 nitrogen and oxygen atoms in total. The number of aliphatic hydroxyl groups is 1. The molecule has 340 valence electrons. The minimum Gasteiger partial charge on any atom is -0.756 e. The second-order valence-electron chi connectivity index (χ2n) is 16.2. The first kappa shape index (κ1) is 56.4. The van der Waals surface area contributed by atoms with E-state index in [1.165, 1.54) is 77.0 Å². The van der Waals surface area contributed by atoms with E-state index in [1.807, 2.05) is 69.8 Å². The summed E-state index contributed by atoms with van der Waals surface area (Å²) in [6, 6.07) is 0. The van der Waals surface area contributed by atoms with Crippen molar-refractivity contribution in [1.82, 2.24) is 0 Å². The zero-order valence-electron chi connectivity index (χ0n) is 37.8. The minimum atomic E-state index is -4.66. The summed E-state index contributed by atoms with van der Waals surface area (Å²) < 4.78 is 33.8. The van der Waals surface area contributed by atoms with Gasteiger partial charge in [-0.15, -0.1) is 0 Å². The molecule has 3 atom stereocenters. The number of quaternary nitrogens is 1. The Hall–Kier alpha value is -2.59. The quantitative estimate of drug-likeness (QED) is 0.0160. The highest BCUT2D eigenvalue weighted by Crippen LogP contribution is 2.38. The summed E-state index contributed by atoms with van der Waals surface area (Å²) in [6.45, 7) is 3.94. The van der Waals surface area contributed by atoms with Gasteiger partial charge in [-0.3, -0.25) is 14.2 Å². The Morgan fingerprint density at radius 2 is 1.19 bits per heavy atom. The van der Waals surface area contributed by atoms with Gasteiger partial charge < -0.3 is 33.0 Å². The molecule has 11 heteroatoms. The Labute approximate surface area is 360 Å². The van der Waals surface area contributed by atoms with Gasteiger partial charge in [-0.05, 0) is 44.9 Å². The van der Waals surface area contributed by atoms with Gasteiger partial charge in [-0.1, -0.05) is 177 Å². The molecule has 0 aromatic rings. The highest BCUT2D eigenvalue weighted by molar-refractivity contribution is 7.45. The third-order valence-corrected chi connectivity index (χ3v) is 10.3. The number of ether oxygens (including phenoxy) is 2. The molecule has 0 rings (SSSR count). The number of carbonyl (C=O) groups excluding carboxylic acids is 2. The fourth-order valence-corrected chi connectivity index (χ4v) is 6.49. The molecule has 0 saturated heterocycles. The van der Waals surface area contributed by atoms with E-state index in [1.54, 1.807) is 6.08 Å². The molecule has 0 aliphatic rings. The Balaban J connectivity index is 4.53. The number of hydrogen-bond acceptors (Lipinski definition) is 9. The molecule has 59 heavy (non-hydrogen) atoms. The third-order valence-electron chi connectivity index (χ3n) is 9.33. The lowest BCUT2D eigenvalue weighted by Gasteiger charge is -2.28. The lowest BCUT2D eigenvalue weighted by molar-refractivity contribution is -0.870. The summed E-state index contributed by atoms with van der Waals surface area (Å²) in [7, 11) is 1.08. The van der Waals surface area contributed by atoms with E-state index in [0.717, 1.165) is 32.1 Å². The number of carbonyl (C=O) groups is 2. The fourth-order valence-electron chi connectivity index (χ4n) is 5.76. The largest absolute Gasteiger partial charge is 0.756 e. The first-order chi connectivity index (χ1) is 28.4. The predicted octanol–water partition coefficient (Wildman–Crippen LogP) is 11.4. The Bertz CT molecular complexity index is 1250. The molecule has 0 saturated carbocycles. The van der Waals surface area contributed by atoms with Gasteiger partial charge in [0.15, 0.2) is 6.10 Å². The van der Waals surface area contributed by atoms with Gasteiger partial charge in [0.2, 0.25) is 0 Å². The van der Waals surface area contributed by atoms with E-state index in [0.29, 0.717) is 36.7 Å². The van der Waals surface area contributed by atoms with E-state index in [4.69, 9.17) is 18.5 Å². The lowest BCUT2D eigenvalue weighted by Crippen LogP contribution is -2.37. The molecular weight excluding hydrogens is 766 g/mol. The van der Waals surface area contributed by atoms with Crippen LogP contribution in [0.4, 0.5) is 0 Å². The summed E-state index contributed by atoms with van der Waals surface area (Å²) in [4.78, 5) is 37.5. The van der Waals surface area contributed by atoms with Crippen molar-refractivity contribution in [2.45, 2.75) is 174 Å². The summed E-state index contributed by atoms with van der Waals surface area (Å²) in [6.07, 6.45) is 45.4. The summed E-state index contributed by atoms with van der Waals surface area (Å²) in [5.74, 6) is -0.964. The van der Waals surface area contributed by atoms with Gasteiger partial charge >= 0.3 is 11.9 Å². The predicted molar refractivity (Wildman–Crippen MR) is 242 cm³/mol. The number of likely N-dealkylation sites (N-methyl/N-ethyl adjacent to an activating group) is 1. The van der Waals surface area contributed by atoms with Crippen molar-refractivity contribution >= 4 is 19.8 Å². The van der Waals surface area contributed by atoms with E-state index in [2.05, 4.69) is 32.1 Å². The number of nitrogens with zero attached hydrogens (tertiary/aromatic N) is 1. The molecule has 0 radical (unpaired) electrons. The normalized spacial score (nSPS) is 14.8. The first-order valence-corrected chi connectivity index (χ1v) is 24.2. The van der Waals surface area contributed by atoms with Crippen LogP contribution in [0.2, 0.25) is 0 Å². The number of aliphatic hydroxyl groups excluding tert-OH is 1. The summed E-state index contributed by atoms with van der Waals surface area (Å²) >= 11 is 0. The van der Waals surface area contributed by atoms with Crippen LogP contribution >= 0.6 is 7.82 Å². The van der Waals surface area contributed by atoms with Gasteiger partial charge in [0.1, 0.15) is 19.8 Å². The Morgan fingerprint density at radius 3 is 1.78 bits per heavy atom. The molecule has 1 N–H and O–H groups in total. The summed E-state index contributed by atoms with van der Waals surface area (Å²) in [5, 5.41) is 10.0. The zero-order chi connectivity index (χ0) is 43.7. The van der Waals surface area contributed by atoms with Crippen molar-refractivity contribution in [3.63, 3.8) is 0 Å². The second kappa shape index (κ2) is 39.5. The van der Waals surface area contributed by atoms with Crippen LogP contribution in [0, 0.1) is 0 Å². The van der Waals surface area contributed by atoms with E-state index >= 15 is 0 Å². The monoisotopic (exact) mass is 850 g/mol. The van der Waals surface area contributed by atoms with Crippen LogP contribution in [0.25, 0.3) is 0 Å². The topological polar surface area (TPSA) is 131 Å². The average molecular weight is 850 g/mol. The van der Waals surface area contributed by atoms with Crippen LogP contribution in [-0.2, 0) is 32.7 Å². The van der Waals surface area contributed by atoms with Gasteiger partial charge in [0.25, 0.3) is 7.82 Å². The standard InChI is InChI=1S/C48H84NO9P/c1-6-8-10-12-14-15-16-17-18-19-20-24-27-31-35-39-47(51)55-43-46(44-57-59(53,54)56-42-41-49(3,4)5)58-48(52)40-36-32-28-25-22-21-23-26-30-34-38-45(50)37-33-29-13-11-9-7-2/h9,11,21-22,26,28-30,32-34,38,45-46,50H,6-8,10,12-20,23-25,27,31,35-37,39-44H2,1-5H3/b11-9-,22-21-,30-26-,32-28-,33-29-,38-34+/t45?,46-/m1/s1. The van der Waals surface area contributed by atoms with Crippen molar-refractivity contribution in [2.75, 3.05) is 47.5 Å². The van der Waals surface area contributed by atoms with Crippen LogP contribution in [0.5, 0.6) is 0 Å². The SMILES string of the molecule is CC/C=C\C/C=C\CC(O)/C=C/C=C\C/C=C\C/C=C\CCC(=O)O[C@H](COC(=O)CCCCCCCCCCCCCCCCC)COP(=O)([O-])OCC[N+](C)(C)C. The second-order valence-corrected chi connectivity index (χ2v) is 17.7. The number of hydrogen-bond donors (Lipinski definition) is 1. The Kier molecular flexibility index (Phi) is 37.8. The fraction of sp³-hybridized carbons (Fsp3) is 0.708. The maximum absolute atomic E-state index is 12.7. The van der Waals surface area contributed by atoms with Crippen LogP contribution in [0.15, 0.2) is 72.9 Å². The maximum atomic E-state index is 12.7. The number of unbranched alkanes of at least 4 members (excludes halogenated alkanes) is 14. The average Bonchev–Trinajstić information content (AvgIpc) is 3.18. The molecule has 0 fully saturated rings. The molecule has 0 aliphatic heterocycles. The maximum Gasteiger partial charge on any atom is 0.306 e.